The fraction of sp³-hybridized carbons (Fsp3) is 0.667. The molecule has 0 saturated heterocycles. The second-order valence-electron chi connectivity index (χ2n) is 2.11. The van der Waals surface area contributed by atoms with Crippen LogP contribution in [-0.4, -0.2) is 0 Å². The van der Waals surface area contributed by atoms with Crippen molar-refractivity contribution in [2.45, 2.75) is 18.4 Å². The van der Waals surface area contributed by atoms with E-state index in [0.29, 0.717) is 0 Å². The molecule has 1 atom stereocenters. The Morgan fingerprint density at radius 1 is 1.88 bits per heavy atom. The van der Waals surface area contributed by atoms with Gasteiger partial charge in [-0.3, -0.25) is 0 Å². The molecule has 0 aromatic rings. The van der Waals surface area contributed by atoms with Gasteiger partial charge in [0, 0.05) is 0 Å². The molecule has 0 aliphatic carbocycles. The summed E-state index contributed by atoms with van der Waals surface area (Å²) in [6.07, 6.45) is 3.20. The molecule has 0 saturated carbocycles. The SMILES string of the molecule is C=CCC(C)[CH2][Zn][Br]. The van der Waals surface area contributed by atoms with E-state index >= 15 is 0 Å². The van der Waals surface area contributed by atoms with Gasteiger partial charge in [0.1, 0.15) is 0 Å². The Hall–Kier alpha value is 0.843. The molecular weight excluding hydrogens is 217 g/mol. The summed E-state index contributed by atoms with van der Waals surface area (Å²) in [6, 6.07) is 0. The summed E-state index contributed by atoms with van der Waals surface area (Å²) in [5, 5.41) is 1.44. The van der Waals surface area contributed by atoms with Crippen LogP contribution in [0, 0.1) is 5.92 Å². The van der Waals surface area contributed by atoms with Crippen LogP contribution in [0.5, 0.6) is 0 Å². The summed E-state index contributed by atoms with van der Waals surface area (Å²) < 4.78 is 0. The maximum absolute atomic E-state index is 3.69. The molecule has 0 spiro atoms. The van der Waals surface area contributed by atoms with Crippen LogP contribution >= 0.6 is 13.6 Å². The van der Waals surface area contributed by atoms with Crippen molar-refractivity contribution < 1.29 is 15.2 Å². The number of rotatable bonds is 4. The van der Waals surface area contributed by atoms with Gasteiger partial charge in [-0.05, 0) is 0 Å². The van der Waals surface area contributed by atoms with Gasteiger partial charge in [0.15, 0.2) is 0 Å². The van der Waals surface area contributed by atoms with Crippen LogP contribution in [0.1, 0.15) is 13.3 Å². The summed E-state index contributed by atoms with van der Waals surface area (Å²) in [5.41, 5.74) is 0. The van der Waals surface area contributed by atoms with Gasteiger partial charge in [0.05, 0.1) is 0 Å². The van der Waals surface area contributed by atoms with E-state index in [1.807, 2.05) is 6.08 Å². The minimum atomic E-state index is -0.240. The molecule has 0 rings (SSSR count). The van der Waals surface area contributed by atoms with Gasteiger partial charge in [-0.25, -0.2) is 0 Å². The zero-order chi connectivity index (χ0) is 6.41. The second kappa shape index (κ2) is 5.97. The molecule has 0 heterocycles. The summed E-state index contributed by atoms with van der Waals surface area (Å²) in [5.74, 6) is 0.881. The molecule has 0 nitrogen and oxygen atoms in total. The number of halogens is 1. The first-order valence-corrected chi connectivity index (χ1v) is 12.0. The van der Waals surface area contributed by atoms with Gasteiger partial charge in [0.25, 0.3) is 0 Å². The van der Waals surface area contributed by atoms with Gasteiger partial charge in [-0.2, -0.15) is 0 Å². The van der Waals surface area contributed by atoms with Crippen LogP contribution in [0.3, 0.4) is 0 Å². The average Bonchev–Trinajstić information content (AvgIpc) is 1.68. The molecule has 0 fully saturated rings. The predicted octanol–water partition coefficient (Wildman–Crippen LogP) is 3.01. The normalized spacial score (nSPS) is 12.2. The minimum absolute atomic E-state index is 0.240. The van der Waals surface area contributed by atoms with E-state index < -0.39 is 0 Å². The van der Waals surface area contributed by atoms with Crippen molar-refractivity contribution in [1.29, 1.82) is 0 Å². The fourth-order valence-corrected chi connectivity index (χ4v) is 5.93. The number of hydrogen-bond donors (Lipinski definition) is 0. The monoisotopic (exact) mass is 226 g/mol. The first-order chi connectivity index (χ1) is 3.81. The van der Waals surface area contributed by atoms with E-state index in [2.05, 4.69) is 27.1 Å². The zero-order valence-corrected chi connectivity index (χ0v) is 9.91. The van der Waals surface area contributed by atoms with Crippen LogP contribution in [0.15, 0.2) is 12.7 Å². The third kappa shape index (κ3) is 4.99. The van der Waals surface area contributed by atoms with Crippen molar-refractivity contribution in [3.05, 3.63) is 12.7 Å². The zero-order valence-electron chi connectivity index (χ0n) is 5.36. The molecule has 0 bridgehead atoms. The summed E-state index contributed by atoms with van der Waals surface area (Å²) >= 11 is 3.33. The van der Waals surface area contributed by atoms with Crippen LogP contribution < -0.4 is 0 Å². The van der Waals surface area contributed by atoms with Crippen molar-refractivity contribution in [2.75, 3.05) is 0 Å². The second-order valence-corrected chi connectivity index (χ2v) is 8.23. The molecule has 1 unspecified atom stereocenters. The number of allylic oxidation sites excluding steroid dienone is 1. The molecule has 2 heteroatoms. The van der Waals surface area contributed by atoms with Crippen LogP contribution in [0.25, 0.3) is 0 Å². The van der Waals surface area contributed by atoms with E-state index in [1.54, 1.807) is 0 Å². The molecule has 0 aromatic heterocycles. The van der Waals surface area contributed by atoms with Crippen LogP contribution in [0.2, 0.25) is 5.02 Å². The molecular formula is C6H11BrZn. The Bertz CT molecular complexity index is 63.5. The van der Waals surface area contributed by atoms with E-state index in [1.165, 1.54) is 11.4 Å². The Kier molecular flexibility index (Phi) is 6.60. The van der Waals surface area contributed by atoms with Crippen molar-refractivity contribution >= 4 is 13.6 Å². The van der Waals surface area contributed by atoms with E-state index in [9.17, 15) is 0 Å². The number of hydrogen-bond acceptors (Lipinski definition) is 0. The molecule has 0 aliphatic heterocycles. The molecule has 0 N–H and O–H groups in total. The Labute approximate surface area is 65.7 Å². The molecule has 0 amide bonds. The quantitative estimate of drug-likeness (QED) is 0.512. The Morgan fingerprint density at radius 3 is 2.88 bits per heavy atom. The summed E-state index contributed by atoms with van der Waals surface area (Å²) in [4.78, 5) is 0. The predicted molar refractivity (Wildman–Crippen MR) is 37.7 cm³/mol. The van der Waals surface area contributed by atoms with Gasteiger partial charge >= 0.3 is 65.7 Å². The van der Waals surface area contributed by atoms with Gasteiger partial charge < -0.3 is 0 Å². The van der Waals surface area contributed by atoms with E-state index in [4.69, 9.17) is 0 Å². The molecule has 8 heavy (non-hydrogen) atoms. The first kappa shape index (κ1) is 8.84. The van der Waals surface area contributed by atoms with Gasteiger partial charge in [0.2, 0.25) is 0 Å². The molecule has 0 aromatic carbocycles. The van der Waals surface area contributed by atoms with E-state index in [-0.39, 0.29) is 15.2 Å². The van der Waals surface area contributed by atoms with Gasteiger partial charge in [-0.15, -0.1) is 0 Å². The van der Waals surface area contributed by atoms with Crippen molar-refractivity contribution in [1.82, 2.24) is 0 Å². The average molecular weight is 228 g/mol. The molecule has 44 valence electrons. The maximum atomic E-state index is 3.69. The van der Waals surface area contributed by atoms with Crippen LogP contribution in [0.4, 0.5) is 0 Å². The first-order valence-electron chi connectivity index (χ1n) is 2.98. The summed E-state index contributed by atoms with van der Waals surface area (Å²) in [6.45, 7) is 5.97. The van der Waals surface area contributed by atoms with Crippen molar-refractivity contribution in [2.24, 2.45) is 5.92 Å². The van der Waals surface area contributed by atoms with Crippen molar-refractivity contribution in [3.63, 3.8) is 0 Å². The summed E-state index contributed by atoms with van der Waals surface area (Å²) in [7, 11) is 0. The van der Waals surface area contributed by atoms with Crippen LogP contribution in [-0.2, 0) is 15.2 Å². The van der Waals surface area contributed by atoms with Gasteiger partial charge in [-0.1, -0.05) is 0 Å². The standard InChI is InChI=1S/C6H11.BrH.Zn/c1-4-5-6(2)3;;/h4,6H,1-2,5H2,3H3;1H;/q;;+1/p-1. The van der Waals surface area contributed by atoms with E-state index in [0.717, 1.165) is 5.92 Å². The topological polar surface area (TPSA) is 0 Å². The third-order valence-electron chi connectivity index (χ3n) is 1.17. The van der Waals surface area contributed by atoms with Crippen molar-refractivity contribution in [3.8, 4) is 0 Å². The third-order valence-corrected chi connectivity index (χ3v) is 6.08. The molecule has 0 radical (unpaired) electrons. The molecule has 0 aliphatic rings. The Balaban J connectivity index is 3.03. The Morgan fingerprint density at radius 2 is 2.50 bits per heavy atom. The fourth-order valence-electron chi connectivity index (χ4n) is 0.589.